The molecule has 0 fully saturated rings. The summed E-state index contributed by atoms with van der Waals surface area (Å²) in [6.07, 6.45) is 0. The van der Waals surface area contributed by atoms with Crippen LogP contribution in [0.25, 0.3) is 0 Å². The lowest BCUT2D eigenvalue weighted by atomic mass is 10.1. The smallest absolute Gasteiger partial charge is 0.191 e. The topological polar surface area (TPSA) is 54.9 Å². The third-order valence-electron chi connectivity index (χ3n) is 3.74. The molecule has 25 heavy (non-hydrogen) atoms. The van der Waals surface area contributed by atoms with E-state index in [1.807, 2.05) is 37.3 Å². The Morgan fingerprint density at radius 3 is 2.20 bits per heavy atom. The van der Waals surface area contributed by atoms with E-state index in [1.165, 1.54) is 5.56 Å². The third-order valence-corrected chi connectivity index (χ3v) is 3.74. The fraction of sp³-hybridized carbons (Fsp3) is 0.316. The monoisotopic (exact) mass is 455 g/mol. The highest BCUT2D eigenvalue weighted by Crippen LogP contribution is 2.18. The Morgan fingerprint density at radius 1 is 0.960 bits per heavy atom. The summed E-state index contributed by atoms with van der Waals surface area (Å²) in [6.45, 7) is 3.42. The number of nitrogens with zero attached hydrogens (tertiary/aromatic N) is 1. The highest BCUT2D eigenvalue weighted by Gasteiger charge is 2.03. The molecule has 2 rings (SSSR count). The van der Waals surface area contributed by atoms with Crippen molar-refractivity contribution in [3.05, 3.63) is 59.2 Å². The molecule has 2 aromatic carbocycles. The van der Waals surface area contributed by atoms with Crippen LogP contribution < -0.4 is 20.1 Å². The van der Waals surface area contributed by atoms with Crippen LogP contribution in [0, 0.1) is 6.92 Å². The molecule has 0 aromatic heterocycles. The van der Waals surface area contributed by atoms with Gasteiger partial charge in [-0.1, -0.05) is 24.3 Å². The molecule has 0 radical (unpaired) electrons. The Bertz CT molecular complexity index is 705. The number of aryl methyl sites for hydroxylation is 1. The quantitative estimate of drug-likeness (QED) is 0.398. The van der Waals surface area contributed by atoms with Crippen molar-refractivity contribution in [3.63, 3.8) is 0 Å². The van der Waals surface area contributed by atoms with Crippen LogP contribution in [0.4, 0.5) is 0 Å². The molecule has 6 heteroatoms. The van der Waals surface area contributed by atoms with Gasteiger partial charge in [0.1, 0.15) is 11.5 Å². The molecule has 0 heterocycles. The molecule has 2 aromatic rings. The summed E-state index contributed by atoms with van der Waals surface area (Å²) in [7, 11) is 5.12. The summed E-state index contributed by atoms with van der Waals surface area (Å²) in [6, 6.07) is 14.1. The van der Waals surface area contributed by atoms with Crippen LogP contribution in [0.1, 0.15) is 16.7 Å². The van der Waals surface area contributed by atoms with E-state index in [9.17, 15) is 0 Å². The normalized spacial score (nSPS) is 10.6. The first-order chi connectivity index (χ1) is 11.7. The van der Waals surface area contributed by atoms with Crippen LogP contribution >= 0.6 is 24.0 Å². The number of benzene rings is 2. The molecule has 5 nitrogen and oxygen atoms in total. The van der Waals surface area contributed by atoms with Crippen LogP contribution in [0.5, 0.6) is 11.5 Å². The Labute approximate surface area is 166 Å². The van der Waals surface area contributed by atoms with E-state index < -0.39 is 0 Å². The van der Waals surface area contributed by atoms with Crippen LogP contribution in [0.15, 0.2) is 47.5 Å². The highest BCUT2D eigenvalue weighted by atomic mass is 127. The van der Waals surface area contributed by atoms with Gasteiger partial charge in [0.2, 0.25) is 0 Å². The second kappa shape index (κ2) is 10.8. The molecule has 0 aliphatic heterocycles. The van der Waals surface area contributed by atoms with E-state index in [0.29, 0.717) is 13.1 Å². The molecular formula is C19H26IN3O2. The lowest BCUT2D eigenvalue weighted by molar-refractivity contribution is 0.411. The van der Waals surface area contributed by atoms with E-state index in [2.05, 4.69) is 27.8 Å². The van der Waals surface area contributed by atoms with Gasteiger partial charge in [0, 0.05) is 20.1 Å². The number of methoxy groups -OCH3 is 2. The van der Waals surface area contributed by atoms with Gasteiger partial charge in [0.25, 0.3) is 0 Å². The molecule has 0 unspecified atom stereocenters. The summed E-state index contributed by atoms with van der Waals surface area (Å²) < 4.78 is 10.5. The SMILES string of the molecule is CN=C(NCc1cccc(OC)c1)NCc1ccc(OC)c(C)c1.I. The molecule has 0 aliphatic rings. The van der Waals surface area contributed by atoms with Gasteiger partial charge >= 0.3 is 0 Å². The summed E-state index contributed by atoms with van der Waals surface area (Å²) in [5, 5.41) is 6.62. The average Bonchev–Trinajstić information content (AvgIpc) is 2.62. The maximum absolute atomic E-state index is 5.29. The molecule has 0 atom stereocenters. The zero-order valence-corrected chi connectivity index (χ0v) is 17.5. The second-order valence-corrected chi connectivity index (χ2v) is 5.43. The maximum atomic E-state index is 5.29. The Kier molecular flexibility index (Phi) is 9.12. The number of nitrogens with one attached hydrogen (secondary N) is 2. The van der Waals surface area contributed by atoms with Crippen molar-refractivity contribution < 1.29 is 9.47 Å². The van der Waals surface area contributed by atoms with E-state index in [0.717, 1.165) is 28.6 Å². The highest BCUT2D eigenvalue weighted by molar-refractivity contribution is 14.0. The average molecular weight is 455 g/mol. The minimum Gasteiger partial charge on any atom is -0.497 e. The maximum Gasteiger partial charge on any atom is 0.191 e. The Morgan fingerprint density at radius 2 is 1.64 bits per heavy atom. The van der Waals surface area contributed by atoms with Crippen LogP contribution in [-0.2, 0) is 13.1 Å². The minimum absolute atomic E-state index is 0. The van der Waals surface area contributed by atoms with Gasteiger partial charge < -0.3 is 20.1 Å². The number of hydrogen-bond acceptors (Lipinski definition) is 3. The van der Waals surface area contributed by atoms with Crippen molar-refractivity contribution >= 4 is 29.9 Å². The van der Waals surface area contributed by atoms with Crippen molar-refractivity contribution in [2.45, 2.75) is 20.0 Å². The number of guanidine groups is 1. The van der Waals surface area contributed by atoms with Gasteiger partial charge in [-0.15, -0.1) is 24.0 Å². The van der Waals surface area contributed by atoms with E-state index in [1.54, 1.807) is 21.3 Å². The standard InChI is InChI=1S/C19H25N3O2.HI/c1-14-10-16(8-9-18(14)24-4)13-22-19(20-2)21-12-15-6-5-7-17(11-15)23-3;/h5-11H,12-13H2,1-4H3,(H2,20,21,22);1H. The first-order valence-electron chi connectivity index (χ1n) is 7.87. The van der Waals surface area contributed by atoms with Crippen molar-refractivity contribution in [2.75, 3.05) is 21.3 Å². The van der Waals surface area contributed by atoms with E-state index in [-0.39, 0.29) is 24.0 Å². The van der Waals surface area contributed by atoms with Gasteiger partial charge in [-0.25, -0.2) is 0 Å². The predicted octanol–water partition coefficient (Wildman–Crippen LogP) is 3.50. The van der Waals surface area contributed by atoms with Crippen LogP contribution in [-0.4, -0.2) is 27.2 Å². The summed E-state index contributed by atoms with van der Waals surface area (Å²) in [5.74, 6) is 2.51. The summed E-state index contributed by atoms with van der Waals surface area (Å²) >= 11 is 0. The van der Waals surface area contributed by atoms with Crippen molar-refractivity contribution in [1.82, 2.24) is 10.6 Å². The lowest BCUT2D eigenvalue weighted by Crippen LogP contribution is -2.36. The number of hydrogen-bond donors (Lipinski definition) is 2. The largest absolute Gasteiger partial charge is 0.497 e. The minimum atomic E-state index is 0. The lowest BCUT2D eigenvalue weighted by Gasteiger charge is -2.13. The molecular weight excluding hydrogens is 429 g/mol. The van der Waals surface area contributed by atoms with Crippen molar-refractivity contribution in [3.8, 4) is 11.5 Å². The molecule has 136 valence electrons. The number of ether oxygens (including phenoxy) is 2. The van der Waals surface area contributed by atoms with Crippen LogP contribution in [0.3, 0.4) is 0 Å². The van der Waals surface area contributed by atoms with Gasteiger partial charge in [0.15, 0.2) is 5.96 Å². The fourth-order valence-electron chi connectivity index (χ4n) is 2.43. The molecule has 0 saturated heterocycles. The number of aliphatic imine (C=N–C) groups is 1. The number of halogens is 1. The molecule has 2 N–H and O–H groups in total. The summed E-state index contributed by atoms with van der Waals surface area (Å²) in [5.41, 5.74) is 3.44. The third kappa shape index (κ3) is 6.45. The zero-order chi connectivity index (χ0) is 17.4. The van der Waals surface area contributed by atoms with Gasteiger partial charge in [0.05, 0.1) is 14.2 Å². The predicted molar refractivity (Wildman–Crippen MR) is 113 cm³/mol. The fourth-order valence-corrected chi connectivity index (χ4v) is 2.43. The molecule has 0 bridgehead atoms. The zero-order valence-electron chi connectivity index (χ0n) is 15.1. The molecule has 0 spiro atoms. The molecule has 0 amide bonds. The molecule has 0 aliphatic carbocycles. The Hall–Kier alpha value is -1.96. The Balaban J connectivity index is 0.00000312. The van der Waals surface area contributed by atoms with Crippen LogP contribution in [0.2, 0.25) is 0 Å². The second-order valence-electron chi connectivity index (χ2n) is 5.43. The van der Waals surface area contributed by atoms with Gasteiger partial charge in [-0.2, -0.15) is 0 Å². The van der Waals surface area contributed by atoms with Gasteiger partial charge in [-0.05, 0) is 41.8 Å². The number of rotatable bonds is 6. The van der Waals surface area contributed by atoms with Crippen molar-refractivity contribution in [1.29, 1.82) is 0 Å². The van der Waals surface area contributed by atoms with Crippen molar-refractivity contribution in [2.24, 2.45) is 4.99 Å². The molecule has 0 saturated carbocycles. The van der Waals surface area contributed by atoms with E-state index in [4.69, 9.17) is 9.47 Å². The van der Waals surface area contributed by atoms with Gasteiger partial charge in [-0.3, -0.25) is 4.99 Å². The summed E-state index contributed by atoms with van der Waals surface area (Å²) in [4.78, 5) is 4.26. The van der Waals surface area contributed by atoms with E-state index >= 15 is 0 Å². The first-order valence-corrected chi connectivity index (χ1v) is 7.87. The first kappa shape index (κ1) is 21.1.